The van der Waals surface area contributed by atoms with Gasteiger partial charge in [-0.15, -0.1) is 6.58 Å². The summed E-state index contributed by atoms with van der Waals surface area (Å²) in [4.78, 5) is 12.6. The molecule has 1 heterocycles. The van der Waals surface area contributed by atoms with Crippen LogP contribution >= 0.6 is 23.2 Å². The number of nitrogens with one attached hydrogen (secondary N) is 1. The largest absolute Gasteiger partial charge is 0.325 e. The Morgan fingerprint density at radius 2 is 2.22 bits per heavy atom. The van der Waals surface area contributed by atoms with Gasteiger partial charge in [0.05, 0.1) is 0 Å². The number of carbonyl (C=O) groups excluding carboxylic acids is 1. The highest BCUT2D eigenvalue weighted by atomic mass is 35.5. The van der Waals surface area contributed by atoms with E-state index in [0.717, 1.165) is 41.7 Å². The van der Waals surface area contributed by atoms with Gasteiger partial charge >= 0.3 is 0 Å². The molecular formula is C19H17Cl2NO. The van der Waals surface area contributed by atoms with E-state index in [0.29, 0.717) is 10.1 Å². The van der Waals surface area contributed by atoms with Crippen molar-refractivity contribution in [2.24, 2.45) is 5.92 Å². The fraction of sp³-hybridized carbons (Fsp3) is 0.211. The second-order valence-corrected chi connectivity index (χ2v) is 6.53. The molecule has 3 rings (SSSR count). The molecule has 4 heteroatoms. The first-order chi connectivity index (χ1) is 11.1. The second kappa shape index (κ2) is 6.77. The zero-order valence-corrected chi connectivity index (χ0v) is 14.1. The molecular weight excluding hydrogens is 329 g/mol. The maximum absolute atomic E-state index is 12.6. The van der Waals surface area contributed by atoms with E-state index in [4.69, 9.17) is 23.2 Å². The number of carbonyl (C=O) groups is 1. The summed E-state index contributed by atoms with van der Waals surface area (Å²) in [5.41, 5.74) is 3.73. The number of benzene rings is 1. The predicted molar refractivity (Wildman–Crippen MR) is 96.1 cm³/mol. The van der Waals surface area contributed by atoms with Gasteiger partial charge in [0.25, 0.3) is 5.91 Å². The summed E-state index contributed by atoms with van der Waals surface area (Å²) >= 11 is 12.2. The highest BCUT2D eigenvalue weighted by Gasteiger charge is 2.36. The number of halogens is 2. The summed E-state index contributed by atoms with van der Waals surface area (Å²) in [6.07, 6.45) is 7.96. The maximum atomic E-state index is 12.6. The lowest BCUT2D eigenvalue weighted by Gasteiger charge is -2.18. The van der Waals surface area contributed by atoms with Crippen molar-refractivity contribution in [2.45, 2.75) is 19.3 Å². The number of fused-ring (bicyclic) bond motifs is 1. The predicted octanol–water partition coefficient (Wildman–Crippen LogP) is 5.22. The molecule has 0 radical (unpaired) electrons. The lowest BCUT2D eigenvalue weighted by Crippen LogP contribution is -2.14. The van der Waals surface area contributed by atoms with E-state index in [-0.39, 0.29) is 11.8 Å². The lowest BCUT2D eigenvalue weighted by atomic mass is 9.85. The molecule has 0 spiro atoms. The average molecular weight is 346 g/mol. The van der Waals surface area contributed by atoms with Crippen molar-refractivity contribution in [3.63, 3.8) is 0 Å². The first kappa shape index (κ1) is 16.1. The number of hydrogen-bond acceptors (Lipinski definition) is 1. The molecule has 1 aliphatic carbocycles. The first-order valence-corrected chi connectivity index (χ1v) is 8.34. The lowest BCUT2D eigenvalue weighted by molar-refractivity contribution is -0.115. The van der Waals surface area contributed by atoms with Crippen LogP contribution in [-0.2, 0) is 4.79 Å². The zero-order valence-electron chi connectivity index (χ0n) is 12.6. The van der Waals surface area contributed by atoms with Gasteiger partial charge in [-0.2, -0.15) is 0 Å². The SMILES string of the molecule is C=CCCC(=C1C(=O)NC2=CC(Cl)=CCC21)c1cccc(Cl)c1. The molecule has 118 valence electrons. The molecule has 1 aromatic carbocycles. The van der Waals surface area contributed by atoms with Gasteiger partial charge in [-0.25, -0.2) is 0 Å². The topological polar surface area (TPSA) is 29.1 Å². The van der Waals surface area contributed by atoms with E-state index in [1.165, 1.54) is 0 Å². The Labute approximate surface area is 146 Å². The zero-order chi connectivity index (χ0) is 16.4. The Kier molecular flexibility index (Phi) is 4.74. The van der Waals surface area contributed by atoms with Crippen LogP contribution < -0.4 is 5.32 Å². The third-order valence-electron chi connectivity index (χ3n) is 4.16. The van der Waals surface area contributed by atoms with Gasteiger partial charge in [0.1, 0.15) is 0 Å². The van der Waals surface area contributed by atoms with Crippen LogP contribution in [0.4, 0.5) is 0 Å². The monoisotopic (exact) mass is 345 g/mol. The van der Waals surface area contributed by atoms with Crippen molar-refractivity contribution in [1.29, 1.82) is 0 Å². The Morgan fingerprint density at radius 3 is 2.96 bits per heavy atom. The smallest absolute Gasteiger partial charge is 0.252 e. The van der Waals surface area contributed by atoms with E-state index in [1.807, 2.05) is 42.5 Å². The molecule has 2 aliphatic rings. The van der Waals surface area contributed by atoms with Crippen LogP contribution in [0.25, 0.3) is 5.57 Å². The minimum absolute atomic E-state index is 0.0416. The molecule has 1 unspecified atom stereocenters. The van der Waals surface area contributed by atoms with Gasteiger partial charge in [-0.05, 0) is 48.6 Å². The summed E-state index contributed by atoms with van der Waals surface area (Å²) in [6, 6.07) is 7.66. The average Bonchev–Trinajstić information content (AvgIpc) is 2.83. The van der Waals surface area contributed by atoms with Crippen LogP contribution in [0.1, 0.15) is 24.8 Å². The molecule has 1 fully saturated rings. The fourth-order valence-electron chi connectivity index (χ4n) is 3.12. The molecule has 0 bridgehead atoms. The Morgan fingerprint density at radius 1 is 1.39 bits per heavy atom. The molecule has 1 N–H and O–H groups in total. The molecule has 2 nitrogen and oxygen atoms in total. The molecule has 1 aromatic rings. The Bertz CT molecular complexity index is 758. The second-order valence-electron chi connectivity index (χ2n) is 5.66. The van der Waals surface area contributed by atoms with Crippen molar-refractivity contribution in [3.05, 3.63) is 76.0 Å². The van der Waals surface area contributed by atoms with Crippen molar-refractivity contribution in [2.75, 3.05) is 0 Å². The van der Waals surface area contributed by atoms with Crippen LogP contribution in [0.3, 0.4) is 0 Å². The summed E-state index contributed by atoms with van der Waals surface area (Å²) in [5.74, 6) is 0.00357. The minimum atomic E-state index is -0.0416. The quantitative estimate of drug-likeness (QED) is 0.588. The molecule has 1 aliphatic heterocycles. The molecule has 0 aromatic heterocycles. The van der Waals surface area contributed by atoms with Crippen molar-refractivity contribution in [1.82, 2.24) is 5.32 Å². The number of hydrogen-bond donors (Lipinski definition) is 1. The highest BCUT2D eigenvalue weighted by Crippen LogP contribution is 2.40. The van der Waals surface area contributed by atoms with Gasteiger partial charge in [0, 0.05) is 27.2 Å². The summed E-state index contributed by atoms with van der Waals surface area (Å²) in [6.45, 7) is 3.79. The molecule has 1 atom stereocenters. The third-order valence-corrected chi connectivity index (χ3v) is 4.66. The summed E-state index contributed by atoms with van der Waals surface area (Å²) < 4.78 is 0. The number of amides is 1. The maximum Gasteiger partial charge on any atom is 0.252 e. The molecule has 0 saturated carbocycles. The summed E-state index contributed by atoms with van der Waals surface area (Å²) in [7, 11) is 0. The third kappa shape index (κ3) is 3.29. The molecule has 23 heavy (non-hydrogen) atoms. The van der Waals surface area contributed by atoms with E-state index < -0.39 is 0 Å². The Hall–Kier alpha value is -1.77. The van der Waals surface area contributed by atoms with E-state index in [2.05, 4.69) is 11.9 Å². The van der Waals surface area contributed by atoms with Gasteiger partial charge in [-0.3, -0.25) is 4.79 Å². The van der Waals surface area contributed by atoms with E-state index in [1.54, 1.807) is 0 Å². The van der Waals surface area contributed by atoms with Crippen LogP contribution in [0.2, 0.25) is 5.02 Å². The minimum Gasteiger partial charge on any atom is -0.325 e. The van der Waals surface area contributed by atoms with Crippen molar-refractivity contribution in [3.8, 4) is 0 Å². The molecule has 1 saturated heterocycles. The fourth-order valence-corrected chi connectivity index (χ4v) is 3.52. The van der Waals surface area contributed by atoms with Gasteiger partial charge in [0.2, 0.25) is 0 Å². The van der Waals surface area contributed by atoms with Gasteiger partial charge in [-0.1, -0.05) is 47.5 Å². The first-order valence-electron chi connectivity index (χ1n) is 7.58. The van der Waals surface area contributed by atoms with Gasteiger partial charge in [0.15, 0.2) is 0 Å². The Balaban J connectivity index is 2.10. The normalized spacial score (nSPS) is 22.0. The highest BCUT2D eigenvalue weighted by molar-refractivity contribution is 6.31. The van der Waals surface area contributed by atoms with E-state index in [9.17, 15) is 4.79 Å². The van der Waals surface area contributed by atoms with E-state index >= 15 is 0 Å². The van der Waals surface area contributed by atoms with Crippen LogP contribution in [0.5, 0.6) is 0 Å². The van der Waals surface area contributed by atoms with Crippen LogP contribution in [-0.4, -0.2) is 5.91 Å². The summed E-state index contributed by atoms with van der Waals surface area (Å²) in [5, 5.41) is 4.30. The van der Waals surface area contributed by atoms with Gasteiger partial charge < -0.3 is 5.32 Å². The van der Waals surface area contributed by atoms with Crippen molar-refractivity contribution >= 4 is 34.7 Å². The molecule has 1 amide bonds. The standard InChI is InChI=1S/C19H17Cl2NO/c1-2-3-7-15(12-5-4-6-13(20)10-12)18-16-9-8-14(21)11-17(16)22-19(18)23/h2,4-6,8,10-11,16H,1,3,7,9H2,(H,22,23). The number of allylic oxidation sites excluding steroid dienone is 6. The van der Waals surface area contributed by atoms with Crippen LogP contribution in [0.15, 0.2) is 65.4 Å². The van der Waals surface area contributed by atoms with Crippen molar-refractivity contribution < 1.29 is 4.79 Å². The van der Waals surface area contributed by atoms with Crippen LogP contribution in [0, 0.1) is 5.92 Å². The number of rotatable bonds is 4.